The molecule has 0 aliphatic carbocycles. The minimum atomic E-state index is -0.998. The number of carbonyl (C=O) groups is 4. The molecular weight excluding hydrogens is 472 g/mol. The molecule has 0 aromatic heterocycles. The number of hydrogen-bond acceptors (Lipinski definition) is 6. The van der Waals surface area contributed by atoms with Gasteiger partial charge >= 0.3 is 5.97 Å². The third-order valence-electron chi connectivity index (χ3n) is 6.37. The zero-order valence-electron chi connectivity index (χ0n) is 20.9. The molecule has 0 radical (unpaired) electrons. The monoisotopic (exact) mass is 500 g/mol. The van der Waals surface area contributed by atoms with Gasteiger partial charge in [0.05, 0.1) is 37.4 Å². The first-order valence-electron chi connectivity index (χ1n) is 12.0. The second-order valence-corrected chi connectivity index (χ2v) is 8.58. The van der Waals surface area contributed by atoms with Crippen LogP contribution >= 0.6 is 0 Å². The maximum absolute atomic E-state index is 13.8. The SMILES string of the molecule is CCOC(=O)c1ccc(N2C(=O)CC(N(C(=O)c3ccc(OC)cc3)C(C)c3ccccc3)C2=O)cc1. The summed E-state index contributed by atoms with van der Waals surface area (Å²) in [5, 5.41) is 0. The van der Waals surface area contributed by atoms with Crippen LogP contribution in [0.2, 0.25) is 0 Å². The minimum absolute atomic E-state index is 0.155. The van der Waals surface area contributed by atoms with E-state index in [9.17, 15) is 19.2 Å². The van der Waals surface area contributed by atoms with Gasteiger partial charge in [-0.2, -0.15) is 0 Å². The topological polar surface area (TPSA) is 93.2 Å². The Morgan fingerprint density at radius 3 is 2.16 bits per heavy atom. The molecule has 4 rings (SSSR count). The Kier molecular flexibility index (Phi) is 7.67. The van der Waals surface area contributed by atoms with E-state index in [1.165, 1.54) is 36.3 Å². The van der Waals surface area contributed by atoms with E-state index in [4.69, 9.17) is 9.47 Å². The summed E-state index contributed by atoms with van der Waals surface area (Å²) in [6.07, 6.45) is -0.155. The molecule has 3 amide bonds. The molecule has 1 aliphatic heterocycles. The summed E-state index contributed by atoms with van der Waals surface area (Å²) < 4.78 is 10.2. The van der Waals surface area contributed by atoms with Gasteiger partial charge in [-0.1, -0.05) is 30.3 Å². The van der Waals surface area contributed by atoms with Crippen molar-refractivity contribution in [3.63, 3.8) is 0 Å². The third-order valence-corrected chi connectivity index (χ3v) is 6.37. The standard InChI is InChI=1S/C29H28N2O6/c1-4-37-29(35)22-10-14-23(15-11-22)31-26(32)18-25(28(31)34)30(19(2)20-8-6-5-7-9-20)27(33)21-12-16-24(36-3)17-13-21/h5-17,19,25H,4,18H2,1-3H3. The van der Waals surface area contributed by atoms with Gasteiger partial charge in [0.15, 0.2) is 0 Å². The van der Waals surface area contributed by atoms with Crippen LogP contribution in [-0.4, -0.2) is 48.3 Å². The first-order valence-corrected chi connectivity index (χ1v) is 12.0. The molecular formula is C29H28N2O6. The van der Waals surface area contributed by atoms with Gasteiger partial charge in [-0.3, -0.25) is 14.4 Å². The smallest absolute Gasteiger partial charge is 0.338 e. The number of amides is 3. The molecule has 2 atom stereocenters. The van der Waals surface area contributed by atoms with Crippen molar-refractivity contribution >= 4 is 29.4 Å². The highest BCUT2D eigenvalue weighted by atomic mass is 16.5. The molecule has 1 saturated heterocycles. The van der Waals surface area contributed by atoms with Crippen LogP contribution in [0.5, 0.6) is 5.75 Å². The zero-order chi connectivity index (χ0) is 26.5. The van der Waals surface area contributed by atoms with E-state index in [1.54, 1.807) is 31.2 Å². The van der Waals surface area contributed by atoms with Crippen LogP contribution in [-0.2, 0) is 14.3 Å². The molecule has 0 bridgehead atoms. The Morgan fingerprint density at radius 2 is 1.57 bits per heavy atom. The summed E-state index contributed by atoms with van der Waals surface area (Å²) in [5.74, 6) is -1.18. The average Bonchev–Trinajstić information content (AvgIpc) is 3.22. The lowest BCUT2D eigenvalue weighted by Crippen LogP contribution is -2.46. The fourth-order valence-corrected chi connectivity index (χ4v) is 4.43. The molecule has 0 N–H and O–H groups in total. The highest BCUT2D eigenvalue weighted by Crippen LogP contribution is 2.33. The first kappa shape index (κ1) is 25.6. The van der Waals surface area contributed by atoms with Crippen molar-refractivity contribution in [2.75, 3.05) is 18.6 Å². The number of methoxy groups -OCH3 is 1. The lowest BCUT2D eigenvalue weighted by molar-refractivity contribution is -0.123. The summed E-state index contributed by atoms with van der Waals surface area (Å²) in [4.78, 5) is 55.0. The summed E-state index contributed by atoms with van der Waals surface area (Å²) >= 11 is 0. The Bertz CT molecular complexity index is 1290. The van der Waals surface area contributed by atoms with Gasteiger partial charge in [-0.15, -0.1) is 0 Å². The van der Waals surface area contributed by atoms with E-state index in [0.717, 1.165) is 10.5 Å². The number of benzene rings is 3. The van der Waals surface area contributed by atoms with Crippen LogP contribution < -0.4 is 9.64 Å². The predicted octanol–water partition coefficient (Wildman–Crippen LogP) is 4.41. The van der Waals surface area contributed by atoms with Gasteiger partial charge in [-0.25, -0.2) is 9.69 Å². The van der Waals surface area contributed by atoms with Crippen molar-refractivity contribution in [3.8, 4) is 5.75 Å². The molecule has 37 heavy (non-hydrogen) atoms. The quantitative estimate of drug-likeness (QED) is 0.336. The van der Waals surface area contributed by atoms with Crippen LogP contribution in [0.15, 0.2) is 78.9 Å². The van der Waals surface area contributed by atoms with Crippen LogP contribution in [0.4, 0.5) is 5.69 Å². The summed E-state index contributed by atoms with van der Waals surface area (Å²) in [5.41, 5.74) is 1.85. The molecule has 0 spiro atoms. The maximum Gasteiger partial charge on any atom is 0.338 e. The van der Waals surface area contributed by atoms with Crippen LogP contribution in [0.25, 0.3) is 0 Å². The van der Waals surface area contributed by atoms with Crippen molar-refractivity contribution in [3.05, 3.63) is 95.6 Å². The molecule has 1 heterocycles. The average molecular weight is 501 g/mol. The largest absolute Gasteiger partial charge is 0.497 e. The Hall–Kier alpha value is -4.46. The number of rotatable bonds is 8. The van der Waals surface area contributed by atoms with E-state index in [-0.39, 0.29) is 18.9 Å². The summed E-state index contributed by atoms with van der Waals surface area (Å²) in [7, 11) is 1.54. The van der Waals surface area contributed by atoms with Crippen LogP contribution in [0.3, 0.4) is 0 Å². The molecule has 190 valence electrons. The number of ether oxygens (including phenoxy) is 2. The number of imide groups is 1. The summed E-state index contributed by atoms with van der Waals surface area (Å²) in [6, 6.07) is 20.6. The van der Waals surface area contributed by atoms with Crippen molar-refractivity contribution in [2.45, 2.75) is 32.4 Å². The highest BCUT2D eigenvalue weighted by Gasteiger charge is 2.46. The van der Waals surface area contributed by atoms with E-state index < -0.39 is 29.9 Å². The van der Waals surface area contributed by atoms with Crippen molar-refractivity contribution in [1.29, 1.82) is 0 Å². The number of anilines is 1. The number of hydrogen-bond donors (Lipinski definition) is 0. The molecule has 8 heteroatoms. The number of esters is 1. The number of nitrogens with zero attached hydrogens (tertiary/aromatic N) is 2. The molecule has 3 aromatic rings. The van der Waals surface area contributed by atoms with Crippen molar-refractivity contribution in [2.24, 2.45) is 0 Å². The molecule has 3 aromatic carbocycles. The Morgan fingerprint density at radius 1 is 0.946 bits per heavy atom. The van der Waals surface area contributed by atoms with E-state index >= 15 is 0 Å². The van der Waals surface area contributed by atoms with Crippen molar-refractivity contribution < 1.29 is 28.7 Å². The molecule has 2 unspecified atom stereocenters. The van der Waals surface area contributed by atoms with E-state index in [1.807, 2.05) is 37.3 Å². The highest BCUT2D eigenvalue weighted by molar-refractivity contribution is 6.23. The van der Waals surface area contributed by atoms with Crippen LogP contribution in [0.1, 0.15) is 52.6 Å². The van der Waals surface area contributed by atoms with Gasteiger partial charge in [0.2, 0.25) is 5.91 Å². The van der Waals surface area contributed by atoms with E-state index in [2.05, 4.69) is 0 Å². The first-order chi connectivity index (χ1) is 17.8. The van der Waals surface area contributed by atoms with Gasteiger partial charge in [0, 0.05) is 5.56 Å². The number of carbonyl (C=O) groups excluding carboxylic acids is 4. The second kappa shape index (κ2) is 11.1. The van der Waals surface area contributed by atoms with Gasteiger partial charge in [0.1, 0.15) is 11.8 Å². The van der Waals surface area contributed by atoms with E-state index in [0.29, 0.717) is 22.6 Å². The van der Waals surface area contributed by atoms with Gasteiger partial charge < -0.3 is 14.4 Å². The van der Waals surface area contributed by atoms with Gasteiger partial charge in [-0.05, 0) is 67.9 Å². The van der Waals surface area contributed by atoms with Crippen molar-refractivity contribution in [1.82, 2.24) is 4.90 Å². The maximum atomic E-state index is 13.8. The second-order valence-electron chi connectivity index (χ2n) is 8.58. The fourth-order valence-electron chi connectivity index (χ4n) is 4.43. The predicted molar refractivity (Wildman–Crippen MR) is 137 cm³/mol. The minimum Gasteiger partial charge on any atom is -0.497 e. The molecule has 0 saturated carbocycles. The molecule has 8 nitrogen and oxygen atoms in total. The zero-order valence-corrected chi connectivity index (χ0v) is 20.9. The Balaban J connectivity index is 1.67. The summed E-state index contributed by atoms with van der Waals surface area (Å²) in [6.45, 7) is 3.79. The molecule has 1 aliphatic rings. The van der Waals surface area contributed by atoms with Gasteiger partial charge in [0.25, 0.3) is 11.8 Å². The normalized spacial score (nSPS) is 15.9. The lowest BCUT2D eigenvalue weighted by atomic mass is 10.0. The molecule has 1 fully saturated rings. The lowest BCUT2D eigenvalue weighted by Gasteiger charge is -2.33. The Labute approximate surface area is 215 Å². The third kappa shape index (κ3) is 5.23. The fraction of sp³-hybridized carbons (Fsp3) is 0.241. The van der Waals surface area contributed by atoms with Crippen LogP contribution in [0, 0.1) is 0 Å².